The number of ether oxygens (including phenoxy) is 1. The molecule has 3 aromatic rings. The monoisotopic (exact) mass is 542 g/mol. The second kappa shape index (κ2) is 11.9. The standard InChI is InChI=1S/C23H19BrN4O5S/c24-19-14-17(8-11-20(19)33-13-12-15-4-2-1-3-5-15)21(29)25-23(34)27-26-22(30)16-6-9-18(10-7-16)28(31)32/h1-11,14H,12-13H2,(H,26,30)(H2,25,27,29,34). The number of halogens is 1. The SMILES string of the molecule is O=C(NNC(=S)NC(=O)c1ccc(OCCc2ccccc2)c(Br)c1)c1ccc([N+](=O)[O-])cc1. The number of nitrogens with one attached hydrogen (secondary N) is 3. The number of nitro benzene ring substituents is 1. The lowest BCUT2D eigenvalue weighted by atomic mass is 10.2. The van der Waals surface area contributed by atoms with Crippen LogP contribution < -0.4 is 20.9 Å². The first-order valence-electron chi connectivity index (χ1n) is 9.96. The van der Waals surface area contributed by atoms with E-state index in [2.05, 4.69) is 32.1 Å². The fraction of sp³-hybridized carbons (Fsp3) is 0.0870. The molecule has 0 spiro atoms. The average Bonchev–Trinajstić information content (AvgIpc) is 2.84. The van der Waals surface area contributed by atoms with Gasteiger partial charge in [-0.25, -0.2) is 0 Å². The number of non-ortho nitro benzene ring substituents is 1. The van der Waals surface area contributed by atoms with Gasteiger partial charge in [0.25, 0.3) is 17.5 Å². The van der Waals surface area contributed by atoms with Crippen molar-refractivity contribution in [3.63, 3.8) is 0 Å². The van der Waals surface area contributed by atoms with Crippen molar-refractivity contribution in [2.45, 2.75) is 6.42 Å². The maximum absolute atomic E-state index is 12.5. The first kappa shape index (κ1) is 24.8. The molecule has 0 saturated carbocycles. The van der Waals surface area contributed by atoms with Gasteiger partial charge in [0.05, 0.1) is 16.0 Å². The summed E-state index contributed by atoms with van der Waals surface area (Å²) in [5.74, 6) is -0.464. The van der Waals surface area contributed by atoms with E-state index >= 15 is 0 Å². The molecule has 3 aromatic carbocycles. The van der Waals surface area contributed by atoms with Gasteiger partial charge < -0.3 is 4.74 Å². The van der Waals surface area contributed by atoms with Crippen molar-refractivity contribution in [2.24, 2.45) is 0 Å². The normalized spacial score (nSPS) is 10.1. The first-order valence-corrected chi connectivity index (χ1v) is 11.2. The zero-order valence-electron chi connectivity index (χ0n) is 17.6. The molecular weight excluding hydrogens is 524 g/mol. The molecule has 0 bridgehead atoms. The van der Waals surface area contributed by atoms with Crippen LogP contribution in [0.2, 0.25) is 0 Å². The van der Waals surface area contributed by atoms with Crippen LogP contribution in [0.25, 0.3) is 0 Å². The Balaban J connectivity index is 1.47. The van der Waals surface area contributed by atoms with E-state index in [0.717, 1.165) is 12.0 Å². The van der Waals surface area contributed by atoms with Crippen LogP contribution in [0.1, 0.15) is 26.3 Å². The van der Waals surface area contributed by atoms with Gasteiger partial charge in [-0.3, -0.25) is 35.9 Å². The van der Waals surface area contributed by atoms with E-state index in [1.807, 2.05) is 30.3 Å². The lowest BCUT2D eigenvalue weighted by molar-refractivity contribution is -0.384. The van der Waals surface area contributed by atoms with Crippen molar-refractivity contribution in [1.29, 1.82) is 0 Å². The molecular formula is C23H19BrN4O5S. The van der Waals surface area contributed by atoms with Crippen molar-refractivity contribution >= 4 is 50.8 Å². The van der Waals surface area contributed by atoms with Crippen LogP contribution in [-0.2, 0) is 6.42 Å². The number of nitrogens with zero attached hydrogens (tertiary/aromatic N) is 1. The maximum atomic E-state index is 12.5. The van der Waals surface area contributed by atoms with Crippen LogP contribution >= 0.6 is 28.1 Å². The minimum absolute atomic E-state index is 0.125. The summed E-state index contributed by atoms with van der Waals surface area (Å²) in [6.45, 7) is 0.483. The van der Waals surface area contributed by atoms with Crippen LogP contribution in [0.3, 0.4) is 0 Å². The molecule has 0 aliphatic heterocycles. The zero-order valence-corrected chi connectivity index (χ0v) is 20.0. The minimum atomic E-state index is -0.578. The van der Waals surface area contributed by atoms with E-state index in [4.69, 9.17) is 17.0 Å². The highest BCUT2D eigenvalue weighted by Gasteiger charge is 2.13. The molecule has 174 valence electrons. The molecule has 0 radical (unpaired) electrons. The van der Waals surface area contributed by atoms with Gasteiger partial charge in [-0.05, 0) is 64.0 Å². The fourth-order valence-corrected chi connectivity index (χ4v) is 3.45. The maximum Gasteiger partial charge on any atom is 0.269 e. The predicted octanol–water partition coefficient (Wildman–Crippen LogP) is 3.93. The number of benzene rings is 3. The Labute approximate surface area is 208 Å². The van der Waals surface area contributed by atoms with Crippen molar-refractivity contribution in [2.75, 3.05) is 6.61 Å². The highest BCUT2D eigenvalue weighted by atomic mass is 79.9. The van der Waals surface area contributed by atoms with Crippen LogP contribution in [0.15, 0.2) is 77.3 Å². The summed E-state index contributed by atoms with van der Waals surface area (Å²) >= 11 is 8.44. The van der Waals surface area contributed by atoms with E-state index in [0.29, 0.717) is 22.4 Å². The molecule has 0 unspecified atom stereocenters. The smallest absolute Gasteiger partial charge is 0.269 e. The third kappa shape index (κ3) is 7.09. The molecule has 0 fully saturated rings. The van der Waals surface area contributed by atoms with Crippen LogP contribution in [0.5, 0.6) is 5.75 Å². The molecule has 0 atom stereocenters. The summed E-state index contributed by atoms with van der Waals surface area (Å²) in [6, 6.07) is 19.8. The van der Waals surface area contributed by atoms with Gasteiger partial charge in [-0.1, -0.05) is 30.3 Å². The molecule has 2 amide bonds. The van der Waals surface area contributed by atoms with Gasteiger partial charge in [0.15, 0.2) is 5.11 Å². The number of hydrogen-bond donors (Lipinski definition) is 3. The third-order valence-electron chi connectivity index (χ3n) is 4.54. The molecule has 0 aromatic heterocycles. The average molecular weight is 543 g/mol. The van der Waals surface area contributed by atoms with E-state index in [-0.39, 0.29) is 16.4 Å². The van der Waals surface area contributed by atoms with Gasteiger partial charge in [0.1, 0.15) is 5.75 Å². The quantitative estimate of drug-likeness (QED) is 0.235. The highest BCUT2D eigenvalue weighted by molar-refractivity contribution is 9.10. The van der Waals surface area contributed by atoms with Crippen molar-refractivity contribution in [3.05, 3.63) is 104 Å². The minimum Gasteiger partial charge on any atom is -0.492 e. The Morgan fingerprint density at radius 1 is 0.941 bits per heavy atom. The molecule has 0 aliphatic carbocycles. The summed E-state index contributed by atoms with van der Waals surface area (Å²) in [7, 11) is 0. The van der Waals surface area contributed by atoms with Crippen molar-refractivity contribution in [1.82, 2.24) is 16.2 Å². The Kier molecular flexibility index (Phi) is 8.66. The van der Waals surface area contributed by atoms with Crippen LogP contribution in [-0.4, -0.2) is 28.5 Å². The lowest BCUT2D eigenvalue weighted by Crippen LogP contribution is -2.48. The van der Waals surface area contributed by atoms with E-state index in [1.54, 1.807) is 18.2 Å². The Bertz CT molecular complexity index is 1210. The predicted molar refractivity (Wildman–Crippen MR) is 134 cm³/mol. The van der Waals surface area contributed by atoms with Gasteiger partial charge >= 0.3 is 0 Å². The highest BCUT2D eigenvalue weighted by Crippen LogP contribution is 2.26. The third-order valence-corrected chi connectivity index (χ3v) is 5.37. The second-order valence-corrected chi connectivity index (χ2v) is 8.16. The van der Waals surface area contributed by atoms with E-state index < -0.39 is 16.7 Å². The van der Waals surface area contributed by atoms with Gasteiger partial charge in [-0.2, -0.15) is 0 Å². The van der Waals surface area contributed by atoms with Gasteiger partial charge in [-0.15, -0.1) is 0 Å². The first-order chi connectivity index (χ1) is 16.3. The summed E-state index contributed by atoms with van der Waals surface area (Å²) < 4.78 is 6.39. The Morgan fingerprint density at radius 3 is 2.26 bits per heavy atom. The fourth-order valence-electron chi connectivity index (χ4n) is 2.81. The van der Waals surface area contributed by atoms with E-state index in [9.17, 15) is 19.7 Å². The topological polar surface area (TPSA) is 123 Å². The molecule has 0 saturated heterocycles. The number of hydrogen-bond acceptors (Lipinski definition) is 6. The zero-order chi connectivity index (χ0) is 24.5. The number of carbonyl (C=O) groups is 2. The largest absolute Gasteiger partial charge is 0.492 e. The van der Waals surface area contributed by atoms with Gasteiger partial charge in [0, 0.05) is 29.7 Å². The van der Waals surface area contributed by atoms with Crippen LogP contribution in [0, 0.1) is 10.1 Å². The Hall–Kier alpha value is -3.83. The molecule has 3 N–H and O–H groups in total. The molecule has 11 heteroatoms. The molecule has 9 nitrogen and oxygen atoms in total. The Morgan fingerprint density at radius 2 is 1.62 bits per heavy atom. The lowest BCUT2D eigenvalue weighted by Gasteiger charge is -2.12. The number of carbonyl (C=O) groups excluding carboxylic acids is 2. The summed E-state index contributed by atoms with van der Waals surface area (Å²) in [5, 5.41) is 13.0. The number of thiocarbonyl (C=S) groups is 1. The summed E-state index contributed by atoms with van der Waals surface area (Å²) in [6.07, 6.45) is 0.751. The van der Waals surface area contributed by atoms with Crippen LogP contribution in [0.4, 0.5) is 5.69 Å². The van der Waals surface area contributed by atoms with Crippen molar-refractivity contribution < 1.29 is 19.2 Å². The molecule has 34 heavy (non-hydrogen) atoms. The van der Waals surface area contributed by atoms with E-state index in [1.165, 1.54) is 24.3 Å². The second-order valence-electron chi connectivity index (χ2n) is 6.90. The number of amides is 2. The number of hydrazine groups is 1. The summed E-state index contributed by atoms with van der Waals surface area (Å²) in [4.78, 5) is 34.7. The van der Waals surface area contributed by atoms with Gasteiger partial charge in [0.2, 0.25) is 0 Å². The van der Waals surface area contributed by atoms with Crippen molar-refractivity contribution in [3.8, 4) is 5.75 Å². The molecule has 0 aliphatic rings. The number of nitro groups is 1. The summed E-state index contributed by atoms with van der Waals surface area (Å²) in [5.41, 5.74) is 6.27. The molecule has 0 heterocycles. The molecule has 3 rings (SSSR count). The number of rotatable bonds is 7.